The van der Waals surface area contributed by atoms with Crippen LogP contribution in [-0.4, -0.2) is 36.7 Å². The van der Waals surface area contributed by atoms with E-state index in [9.17, 15) is 4.79 Å². The van der Waals surface area contributed by atoms with Crippen molar-refractivity contribution in [2.24, 2.45) is 4.99 Å². The fraction of sp³-hybridized carbons (Fsp3) is 0.500. The number of aromatic nitrogens is 1. The quantitative estimate of drug-likeness (QED) is 0.378. The van der Waals surface area contributed by atoms with Gasteiger partial charge < -0.3 is 20.1 Å². The first kappa shape index (κ1) is 21.9. The van der Waals surface area contributed by atoms with Crippen LogP contribution in [0.15, 0.2) is 58.4 Å². The van der Waals surface area contributed by atoms with Crippen LogP contribution in [0.3, 0.4) is 0 Å². The number of hydrogen-bond donors (Lipinski definition) is 2. The molecule has 1 saturated heterocycles. The van der Waals surface area contributed by atoms with Crippen LogP contribution in [0.25, 0.3) is 0 Å². The maximum Gasteiger partial charge on any atom is 0.250 e. The minimum Gasteiger partial charge on any atom is -0.372 e. The van der Waals surface area contributed by atoms with Gasteiger partial charge in [0.2, 0.25) is 5.56 Å². The van der Waals surface area contributed by atoms with Crippen molar-refractivity contribution in [3.05, 3.63) is 64.6 Å². The molecule has 0 bridgehead atoms. The molecule has 0 saturated carbocycles. The molecule has 0 spiro atoms. The van der Waals surface area contributed by atoms with Gasteiger partial charge in [-0.15, -0.1) is 0 Å². The van der Waals surface area contributed by atoms with Gasteiger partial charge in [-0.25, -0.2) is 0 Å². The van der Waals surface area contributed by atoms with E-state index in [1.807, 2.05) is 12.3 Å². The van der Waals surface area contributed by atoms with E-state index in [2.05, 4.69) is 53.6 Å². The van der Waals surface area contributed by atoms with E-state index in [1.165, 1.54) is 24.1 Å². The van der Waals surface area contributed by atoms with Crippen LogP contribution in [0.4, 0.5) is 5.69 Å². The molecule has 0 aliphatic carbocycles. The Morgan fingerprint density at radius 3 is 2.73 bits per heavy atom. The first-order valence-corrected chi connectivity index (χ1v) is 11.2. The van der Waals surface area contributed by atoms with Gasteiger partial charge in [-0.2, -0.15) is 0 Å². The summed E-state index contributed by atoms with van der Waals surface area (Å²) in [7, 11) is 0. The molecule has 0 amide bonds. The van der Waals surface area contributed by atoms with Crippen LogP contribution in [0.1, 0.15) is 51.1 Å². The molecule has 1 atom stereocenters. The zero-order valence-electron chi connectivity index (χ0n) is 18.3. The van der Waals surface area contributed by atoms with Crippen LogP contribution in [0.2, 0.25) is 0 Å². The van der Waals surface area contributed by atoms with Crippen molar-refractivity contribution in [2.45, 2.75) is 52.1 Å². The van der Waals surface area contributed by atoms with E-state index >= 15 is 0 Å². The van der Waals surface area contributed by atoms with Crippen LogP contribution in [0, 0.1) is 0 Å². The Labute approximate surface area is 180 Å². The molecule has 1 fully saturated rings. The van der Waals surface area contributed by atoms with Gasteiger partial charge in [0.1, 0.15) is 0 Å². The molecule has 0 radical (unpaired) electrons. The van der Waals surface area contributed by atoms with Crippen molar-refractivity contribution in [3.63, 3.8) is 0 Å². The summed E-state index contributed by atoms with van der Waals surface area (Å²) in [5.74, 6) is 0.841. The zero-order chi connectivity index (χ0) is 21.2. The third-order valence-corrected chi connectivity index (χ3v) is 5.51. The molecule has 2 heterocycles. The maximum atomic E-state index is 11.8. The van der Waals surface area contributed by atoms with Crippen molar-refractivity contribution < 1.29 is 0 Å². The minimum atomic E-state index is 0.0565. The molecule has 1 aliphatic rings. The Balaban J connectivity index is 1.52. The second-order valence-electron chi connectivity index (χ2n) is 7.86. The highest BCUT2D eigenvalue weighted by Crippen LogP contribution is 2.23. The summed E-state index contributed by atoms with van der Waals surface area (Å²) in [6.45, 7) is 8.87. The summed E-state index contributed by atoms with van der Waals surface area (Å²) in [5, 5.41) is 6.88. The number of benzene rings is 1. The van der Waals surface area contributed by atoms with Crippen molar-refractivity contribution >= 4 is 11.6 Å². The third-order valence-electron chi connectivity index (χ3n) is 5.51. The summed E-state index contributed by atoms with van der Waals surface area (Å²) in [4.78, 5) is 18.9. The molecule has 6 heteroatoms. The highest BCUT2D eigenvalue weighted by molar-refractivity contribution is 5.80. The van der Waals surface area contributed by atoms with Gasteiger partial charge in [0.15, 0.2) is 5.96 Å². The molecular formula is C24H35N5O. The number of anilines is 1. The van der Waals surface area contributed by atoms with Crippen molar-refractivity contribution in [1.82, 2.24) is 15.2 Å². The lowest BCUT2D eigenvalue weighted by atomic mass is 10.1. The highest BCUT2D eigenvalue weighted by atomic mass is 16.1. The number of guanidine groups is 1. The van der Waals surface area contributed by atoms with Crippen LogP contribution in [0.5, 0.6) is 0 Å². The van der Waals surface area contributed by atoms with Crippen LogP contribution < -0.4 is 21.1 Å². The summed E-state index contributed by atoms with van der Waals surface area (Å²) < 4.78 is 1.75. The molecule has 1 aliphatic heterocycles. The highest BCUT2D eigenvalue weighted by Gasteiger charge is 2.14. The Kier molecular flexibility index (Phi) is 8.36. The average Bonchev–Trinajstić information content (AvgIpc) is 3.30. The second kappa shape index (κ2) is 11.4. The number of hydrogen-bond acceptors (Lipinski definition) is 3. The lowest BCUT2D eigenvalue weighted by Gasteiger charge is -2.22. The van der Waals surface area contributed by atoms with E-state index in [4.69, 9.17) is 4.99 Å². The van der Waals surface area contributed by atoms with Crippen molar-refractivity contribution in [2.75, 3.05) is 31.1 Å². The van der Waals surface area contributed by atoms with Gasteiger partial charge in [-0.1, -0.05) is 18.2 Å². The smallest absolute Gasteiger partial charge is 0.250 e. The van der Waals surface area contributed by atoms with Crippen LogP contribution in [-0.2, 0) is 6.54 Å². The standard InChI is InChI=1S/C24H35N5O/c1-3-25-24(26-14-5-7-18-29-17-6-4-13-23(29)30)27-20(2)21-11-10-12-22(19-21)28-15-8-9-16-28/h4,6,10-13,17,19-20H,3,5,7-9,14-16,18H2,1-2H3,(H2,25,26,27). The first-order chi connectivity index (χ1) is 14.7. The molecule has 3 rings (SSSR count). The van der Waals surface area contributed by atoms with E-state index in [0.29, 0.717) is 0 Å². The maximum absolute atomic E-state index is 11.8. The predicted molar refractivity (Wildman–Crippen MR) is 125 cm³/mol. The largest absolute Gasteiger partial charge is 0.372 e. The topological polar surface area (TPSA) is 61.7 Å². The lowest BCUT2D eigenvalue weighted by Crippen LogP contribution is -2.38. The Hall–Kier alpha value is -2.76. The number of unbranched alkanes of at least 4 members (excludes halogenated alkanes) is 1. The van der Waals surface area contributed by atoms with Crippen LogP contribution >= 0.6 is 0 Å². The molecule has 1 aromatic heterocycles. The fourth-order valence-electron chi connectivity index (χ4n) is 3.80. The normalized spacial score (nSPS) is 15.3. The van der Waals surface area contributed by atoms with Crippen molar-refractivity contribution in [1.29, 1.82) is 0 Å². The molecule has 30 heavy (non-hydrogen) atoms. The van der Waals surface area contributed by atoms with E-state index < -0.39 is 0 Å². The average molecular weight is 410 g/mol. The summed E-state index contributed by atoms with van der Waals surface area (Å²) in [5.41, 5.74) is 2.64. The van der Waals surface area contributed by atoms with Crippen molar-refractivity contribution in [3.8, 4) is 0 Å². The fourth-order valence-corrected chi connectivity index (χ4v) is 3.80. The Bertz CT molecular complexity index is 870. The molecule has 2 N–H and O–H groups in total. The molecule has 1 unspecified atom stereocenters. The molecular weight excluding hydrogens is 374 g/mol. The molecule has 162 valence electrons. The molecule has 1 aromatic carbocycles. The number of rotatable bonds is 9. The summed E-state index contributed by atoms with van der Waals surface area (Å²) in [6.07, 6.45) is 6.29. The number of nitrogens with zero attached hydrogens (tertiary/aromatic N) is 3. The van der Waals surface area contributed by atoms with Gasteiger partial charge in [0.25, 0.3) is 0 Å². The number of aliphatic imine (C=N–C) groups is 1. The van der Waals surface area contributed by atoms with E-state index in [0.717, 1.165) is 51.5 Å². The van der Waals surface area contributed by atoms with E-state index in [1.54, 1.807) is 16.7 Å². The Morgan fingerprint density at radius 2 is 1.97 bits per heavy atom. The van der Waals surface area contributed by atoms with E-state index in [-0.39, 0.29) is 11.6 Å². The zero-order valence-corrected chi connectivity index (χ0v) is 18.3. The summed E-state index contributed by atoms with van der Waals surface area (Å²) in [6, 6.07) is 14.3. The lowest BCUT2D eigenvalue weighted by molar-refractivity contribution is 0.596. The third kappa shape index (κ3) is 6.37. The van der Waals surface area contributed by atoms with Gasteiger partial charge in [0, 0.05) is 50.7 Å². The number of nitrogens with one attached hydrogen (secondary N) is 2. The number of pyridine rings is 1. The van der Waals surface area contributed by atoms with Gasteiger partial charge in [-0.3, -0.25) is 9.79 Å². The second-order valence-corrected chi connectivity index (χ2v) is 7.86. The van der Waals surface area contributed by atoms with Gasteiger partial charge in [0.05, 0.1) is 6.04 Å². The molecule has 2 aromatic rings. The summed E-state index contributed by atoms with van der Waals surface area (Å²) >= 11 is 0. The Morgan fingerprint density at radius 1 is 1.13 bits per heavy atom. The number of aryl methyl sites for hydroxylation is 1. The first-order valence-electron chi connectivity index (χ1n) is 11.2. The monoisotopic (exact) mass is 409 g/mol. The SMILES string of the molecule is CCNC(=NCCCCn1ccccc1=O)NC(C)c1cccc(N2CCCC2)c1. The predicted octanol–water partition coefficient (Wildman–Crippen LogP) is 3.55. The van der Waals surface area contributed by atoms with Gasteiger partial charge in [-0.05, 0) is 63.3 Å². The van der Waals surface area contributed by atoms with Gasteiger partial charge >= 0.3 is 0 Å². The molecule has 6 nitrogen and oxygen atoms in total. The minimum absolute atomic E-state index is 0.0565.